The van der Waals surface area contributed by atoms with Crippen molar-refractivity contribution in [1.82, 2.24) is 10.2 Å². The molecule has 2 N–H and O–H groups in total. The molecule has 2 rings (SSSR count). The van der Waals surface area contributed by atoms with Gasteiger partial charge in [0.1, 0.15) is 5.69 Å². The van der Waals surface area contributed by atoms with E-state index in [-0.39, 0.29) is 11.4 Å². The number of anilines is 1. The summed E-state index contributed by atoms with van der Waals surface area (Å²) < 4.78 is 13.4. The average Bonchev–Trinajstić information content (AvgIpc) is 2.39. The van der Waals surface area contributed by atoms with Crippen LogP contribution in [0.1, 0.15) is 10.5 Å². The van der Waals surface area contributed by atoms with Crippen molar-refractivity contribution in [2.24, 2.45) is 0 Å². The molecule has 0 radical (unpaired) electrons. The normalized spacial score (nSPS) is 10.1. The zero-order chi connectivity index (χ0) is 14.7. The molecule has 0 atom stereocenters. The van der Waals surface area contributed by atoms with Crippen molar-refractivity contribution >= 4 is 17.3 Å². The minimum Gasteiger partial charge on any atom is -0.320 e. The van der Waals surface area contributed by atoms with Gasteiger partial charge in [0, 0.05) is 23.9 Å². The summed E-state index contributed by atoms with van der Waals surface area (Å²) in [5.74, 6) is -1.75. The van der Waals surface area contributed by atoms with Crippen molar-refractivity contribution in [1.29, 1.82) is 0 Å². The smallest absolute Gasteiger partial charge is 0.304 e. The molecule has 0 unspecified atom stereocenters. The molecule has 0 bridgehead atoms. The first-order valence-corrected chi connectivity index (χ1v) is 5.28. The number of hydrogen-bond acceptors (Lipinski definition) is 5. The fraction of sp³-hybridized carbons (Fsp3) is 0. The number of hydrogen-bond donors (Lipinski definition) is 2. The van der Waals surface area contributed by atoms with E-state index in [0.29, 0.717) is 0 Å². The number of halogens is 1. The summed E-state index contributed by atoms with van der Waals surface area (Å²) >= 11 is 0. The second kappa shape index (κ2) is 5.26. The summed E-state index contributed by atoms with van der Waals surface area (Å²) in [4.78, 5) is 32.1. The fourth-order valence-corrected chi connectivity index (χ4v) is 1.40. The van der Waals surface area contributed by atoms with Gasteiger partial charge in [0.2, 0.25) is 5.82 Å². The number of H-pyrrole nitrogens is 1. The minimum atomic E-state index is -1.07. The van der Waals surface area contributed by atoms with E-state index in [9.17, 15) is 24.1 Å². The Morgan fingerprint density at radius 2 is 2.10 bits per heavy atom. The topological polar surface area (TPSA) is 118 Å². The predicted octanol–water partition coefficient (Wildman–Crippen LogP) is 1.07. The molecular formula is C11H7FN4O4. The number of nitrogens with zero attached hydrogens (tertiary/aromatic N) is 2. The second-order valence-electron chi connectivity index (χ2n) is 3.68. The van der Waals surface area contributed by atoms with Crippen LogP contribution < -0.4 is 10.9 Å². The van der Waals surface area contributed by atoms with E-state index in [1.165, 1.54) is 12.1 Å². The van der Waals surface area contributed by atoms with Crippen LogP contribution in [0, 0.1) is 15.9 Å². The third kappa shape index (κ3) is 2.83. The van der Waals surface area contributed by atoms with Crippen molar-refractivity contribution in [3.63, 3.8) is 0 Å². The highest BCUT2D eigenvalue weighted by molar-refractivity contribution is 6.02. The molecule has 0 saturated heterocycles. The highest BCUT2D eigenvalue weighted by Gasteiger charge is 2.15. The van der Waals surface area contributed by atoms with Gasteiger partial charge in [-0.3, -0.25) is 19.7 Å². The van der Waals surface area contributed by atoms with E-state index >= 15 is 0 Å². The van der Waals surface area contributed by atoms with Crippen LogP contribution in [-0.2, 0) is 0 Å². The number of carbonyl (C=O) groups is 1. The molecule has 0 saturated carbocycles. The maximum atomic E-state index is 13.4. The zero-order valence-electron chi connectivity index (χ0n) is 9.79. The highest BCUT2D eigenvalue weighted by Crippen LogP contribution is 2.20. The third-order valence-electron chi connectivity index (χ3n) is 2.31. The fourth-order valence-electron chi connectivity index (χ4n) is 1.40. The Labute approximate surface area is 110 Å². The molecule has 0 aliphatic carbocycles. The van der Waals surface area contributed by atoms with Gasteiger partial charge in [-0.25, -0.2) is 5.10 Å². The molecule has 20 heavy (non-hydrogen) atoms. The highest BCUT2D eigenvalue weighted by atomic mass is 19.1. The number of carbonyl (C=O) groups excluding carboxylic acids is 1. The molecule has 9 heteroatoms. The second-order valence-corrected chi connectivity index (χ2v) is 3.68. The standard InChI is InChI=1S/C11H7FN4O4/c12-7-5-6(1-3-9(7)16(19)20)13-11(18)8-2-4-10(17)15-14-8/h1-5H,(H,13,18)(H,15,17). The van der Waals surface area contributed by atoms with Crippen molar-refractivity contribution in [3.8, 4) is 0 Å². The summed E-state index contributed by atoms with van der Waals surface area (Å²) in [5, 5.41) is 18.3. The Morgan fingerprint density at radius 3 is 2.65 bits per heavy atom. The van der Waals surface area contributed by atoms with Crippen molar-refractivity contribution in [3.05, 3.63) is 62.3 Å². The molecule has 1 aromatic heterocycles. The summed E-state index contributed by atoms with van der Waals surface area (Å²) in [6.07, 6.45) is 0. The van der Waals surface area contributed by atoms with Gasteiger partial charge in [0.25, 0.3) is 11.5 Å². The number of aromatic amines is 1. The Hall–Kier alpha value is -3.10. The van der Waals surface area contributed by atoms with E-state index in [4.69, 9.17) is 0 Å². The maximum absolute atomic E-state index is 13.4. The van der Waals surface area contributed by atoms with Crippen molar-refractivity contribution in [2.45, 2.75) is 0 Å². The SMILES string of the molecule is O=C(Nc1ccc([N+](=O)[O-])c(F)c1)c1ccc(=O)[nH]n1. The molecule has 1 amide bonds. The molecular weight excluding hydrogens is 271 g/mol. The van der Waals surface area contributed by atoms with Gasteiger partial charge >= 0.3 is 5.69 Å². The van der Waals surface area contributed by atoms with Crippen LogP contribution in [0.4, 0.5) is 15.8 Å². The minimum absolute atomic E-state index is 0.0334. The summed E-state index contributed by atoms with van der Waals surface area (Å²) in [7, 11) is 0. The molecule has 1 aromatic carbocycles. The lowest BCUT2D eigenvalue weighted by Gasteiger charge is -2.04. The van der Waals surface area contributed by atoms with Gasteiger partial charge in [-0.1, -0.05) is 0 Å². The lowest BCUT2D eigenvalue weighted by molar-refractivity contribution is -0.387. The Balaban J connectivity index is 2.20. The molecule has 2 aromatic rings. The van der Waals surface area contributed by atoms with Gasteiger partial charge in [-0.2, -0.15) is 9.49 Å². The number of aromatic nitrogens is 2. The zero-order valence-corrected chi connectivity index (χ0v) is 9.79. The number of nitro benzene ring substituents is 1. The van der Waals surface area contributed by atoms with E-state index in [2.05, 4.69) is 15.5 Å². The predicted molar refractivity (Wildman–Crippen MR) is 65.9 cm³/mol. The van der Waals surface area contributed by atoms with Crippen LogP contribution in [0.5, 0.6) is 0 Å². The Bertz CT molecular complexity index is 723. The number of benzene rings is 1. The first-order chi connectivity index (χ1) is 9.47. The van der Waals surface area contributed by atoms with E-state index < -0.39 is 27.9 Å². The third-order valence-corrected chi connectivity index (χ3v) is 2.31. The molecule has 8 nitrogen and oxygen atoms in total. The maximum Gasteiger partial charge on any atom is 0.304 e. The van der Waals surface area contributed by atoms with Gasteiger partial charge in [0.15, 0.2) is 0 Å². The first-order valence-electron chi connectivity index (χ1n) is 5.28. The van der Waals surface area contributed by atoms with E-state index in [1.54, 1.807) is 0 Å². The number of nitrogens with one attached hydrogen (secondary N) is 2. The van der Waals surface area contributed by atoms with Crippen LogP contribution in [0.2, 0.25) is 0 Å². The molecule has 0 aliphatic heterocycles. The monoisotopic (exact) mass is 278 g/mol. The summed E-state index contributed by atoms with van der Waals surface area (Å²) in [6, 6.07) is 5.24. The molecule has 0 fully saturated rings. The summed E-state index contributed by atoms with van der Waals surface area (Å²) in [6.45, 7) is 0. The van der Waals surface area contributed by atoms with E-state index in [0.717, 1.165) is 18.2 Å². The number of amides is 1. The average molecular weight is 278 g/mol. The lowest BCUT2D eigenvalue weighted by Crippen LogP contribution is -2.17. The number of nitro groups is 1. The number of rotatable bonds is 3. The van der Waals surface area contributed by atoms with Gasteiger partial charge < -0.3 is 5.32 Å². The van der Waals surface area contributed by atoms with Crippen LogP contribution in [-0.4, -0.2) is 21.0 Å². The van der Waals surface area contributed by atoms with Gasteiger partial charge in [-0.05, 0) is 12.1 Å². The largest absolute Gasteiger partial charge is 0.320 e. The molecule has 102 valence electrons. The van der Waals surface area contributed by atoms with Crippen LogP contribution in [0.15, 0.2) is 35.1 Å². The molecule has 0 aliphatic rings. The van der Waals surface area contributed by atoms with Gasteiger partial charge in [0.05, 0.1) is 4.92 Å². The molecule has 1 heterocycles. The molecule has 0 spiro atoms. The van der Waals surface area contributed by atoms with Crippen LogP contribution >= 0.6 is 0 Å². The summed E-state index contributed by atoms with van der Waals surface area (Å²) in [5.41, 5.74) is -1.21. The van der Waals surface area contributed by atoms with Gasteiger partial charge in [-0.15, -0.1) is 0 Å². The van der Waals surface area contributed by atoms with Crippen molar-refractivity contribution < 1.29 is 14.1 Å². The quantitative estimate of drug-likeness (QED) is 0.643. The van der Waals surface area contributed by atoms with Crippen molar-refractivity contribution in [2.75, 3.05) is 5.32 Å². The van der Waals surface area contributed by atoms with E-state index in [1.807, 2.05) is 0 Å². The van der Waals surface area contributed by atoms with Crippen LogP contribution in [0.25, 0.3) is 0 Å². The van der Waals surface area contributed by atoms with Crippen LogP contribution in [0.3, 0.4) is 0 Å². The lowest BCUT2D eigenvalue weighted by atomic mass is 10.2. The Kier molecular flexibility index (Phi) is 3.51. The Morgan fingerprint density at radius 1 is 1.35 bits per heavy atom. The first kappa shape index (κ1) is 13.3.